The van der Waals surface area contributed by atoms with Crippen LogP contribution in [0.5, 0.6) is 0 Å². The average molecular weight is 232 g/mol. The van der Waals surface area contributed by atoms with Crippen molar-refractivity contribution in [1.82, 2.24) is 19.5 Å². The number of fused-ring (bicyclic) bond motifs is 1. The average Bonchev–Trinajstić information content (AvgIpc) is 2.85. The number of nitrogens with zero attached hydrogens (tertiary/aromatic N) is 4. The number of ether oxygens (including phenoxy) is 1. The monoisotopic (exact) mass is 232 g/mol. The van der Waals surface area contributed by atoms with Gasteiger partial charge in [-0.1, -0.05) is 6.92 Å². The molecule has 0 saturated carbocycles. The fourth-order valence-electron chi connectivity index (χ4n) is 2.31. The van der Waals surface area contributed by atoms with Crippen LogP contribution in [0.1, 0.15) is 32.2 Å². The van der Waals surface area contributed by atoms with Crippen molar-refractivity contribution in [1.29, 1.82) is 0 Å². The molecule has 0 aliphatic carbocycles. The fraction of sp³-hybridized carbons (Fsp3) is 0.583. The van der Waals surface area contributed by atoms with Crippen molar-refractivity contribution in [2.24, 2.45) is 5.92 Å². The van der Waals surface area contributed by atoms with Crippen molar-refractivity contribution < 1.29 is 4.74 Å². The van der Waals surface area contributed by atoms with Gasteiger partial charge in [-0.15, -0.1) is 0 Å². The molecular formula is C12H16N4O. The largest absolute Gasteiger partial charge is 0.355 e. The van der Waals surface area contributed by atoms with E-state index < -0.39 is 0 Å². The lowest BCUT2D eigenvalue weighted by molar-refractivity contribution is 0.00796. The van der Waals surface area contributed by atoms with Crippen molar-refractivity contribution >= 4 is 11.2 Å². The molecule has 5 heteroatoms. The molecule has 1 saturated heterocycles. The second-order valence-corrected chi connectivity index (χ2v) is 4.79. The molecule has 0 spiro atoms. The summed E-state index contributed by atoms with van der Waals surface area (Å²) in [7, 11) is 0. The van der Waals surface area contributed by atoms with Gasteiger partial charge < -0.3 is 4.74 Å². The van der Waals surface area contributed by atoms with Crippen molar-refractivity contribution in [3.63, 3.8) is 0 Å². The normalized spacial score (nSPS) is 29.0. The first-order valence-electron chi connectivity index (χ1n) is 5.96. The van der Waals surface area contributed by atoms with Gasteiger partial charge in [0.1, 0.15) is 18.1 Å². The molecule has 5 nitrogen and oxygen atoms in total. The van der Waals surface area contributed by atoms with Crippen molar-refractivity contribution in [2.75, 3.05) is 0 Å². The van der Waals surface area contributed by atoms with Crippen LogP contribution in [-0.2, 0) is 4.74 Å². The summed E-state index contributed by atoms with van der Waals surface area (Å²) in [4.78, 5) is 12.8. The van der Waals surface area contributed by atoms with Gasteiger partial charge in [0.25, 0.3) is 0 Å². The van der Waals surface area contributed by atoms with Gasteiger partial charge in [-0.2, -0.15) is 0 Å². The van der Waals surface area contributed by atoms with Gasteiger partial charge in [-0.3, -0.25) is 4.57 Å². The van der Waals surface area contributed by atoms with Crippen LogP contribution in [-0.4, -0.2) is 25.6 Å². The van der Waals surface area contributed by atoms with Gasteiger partial charge in [0, 0.05) is 0 Å². The molecule has 2 aromatic heterocycles. The Balaban J connectivity index is 2.04. The highest BCUT2D eigenvalue weighted by Gasteiger charge is 2.31. The van der Waals surface area contributed by atoms with Crippen molar-refractivity contribution in [2.45, 2.75) is 39.5 Å². The first-order valence-corrected chi connectivity index (χ1v) is 5.96. The molecule has 90 valence electrons. The summed E-state index contributed by atoms with van der Waals surface area (Å²) in [5.74, 6) is 0.570. The molecule has 0 amide bonds. The van der Waals surface area contributed by atoms with E-state index in [4.69, 9.17) is 4.74 Å². The highest BCUT2D eigenvalue weighted by Crippen LogP contribution is 2.34. The van der Waals surface area contributed by atoms with Gasteiger partial charge in [0.2, 0.25) is 0 Å². The summed E-state index contributed by atoms with van der Waals surface area (Å²) in [6.45, 7) is 6.27. The molecule has 17 heavy (non-hydrogen) atoms. The molecule has 1 aliphatic rings. The third-order valence-electron chi connectivity index (χ3n) is 3.60. The Morgan fingerprint density at radius 1 is 1.29 bits per heavy atom. The molecule has 3 unspecified atom stereocenters. The Morgan fingerprint density at radius 3 is 2.82 bits per heavy atom. The number of hydrogen-bond acceptors (Lipinski definition) is 4. The van der Waals surface area contributed by atoms with Crippen LogP contribution in [0.25, 0.3) is 11.2 Å². The van der Waals surface area contributed by atoms with E-state index in [0.29, 0.717) is 12.0 Å². The lowest BCUT2D eigenvalue weighted by Gasteiger charge is -2.12. The zero-order valence-electron chi connectivity index (χ0n) is 10.3. The number of aryl methyl sites for hydroxylation is 1. The molecule has 0 radical (unpaired) electrons. The number of hydrogen-bond donors (Lipinski definition) is 0. The van der Waals surface area contributed by atoms with Crippen LogP contribution < -0.4 is 0 Å². The minimum Gasteiger partial charge on any atom is -0.355 e. The summed E-state index contributed by atoms with van der Waals surface area (Å²) in [6, 6.07) is 0. The van der Waals surface area contributed by atoms with Gasteiger partial charge in [0.05, 0.1) is 18.1 Å². The molecule has 2 aromatic rings. The van der Waals surface area contributed by atoms with E-state index in [0.717, 1.165) is 23.3 Å². The highest BCUT2D eigenvalue weighted by atomic mass is 16.5. The van der Waals surface area contributed by atoms with Crippen LogP contribution >= 0.6 is 0 Å². The molecule has 0 bridgehead atoms. The van der Waals surface area contributed by atoms with Gasteiger partial charge in [0.15, 0.2) is 5.65 Å². The maximum Gasteiger partial charge on any atom is 0.165 e. The lowest BCUT2D eigenvalue weighted by atomic mass is 10.1. The Labute approximate surface area is 99.9 Å². The summed E-state index contributed by atoms with van der Waals surface area (Å²) in [5, 5.41) is 0. The van der Waals surface area contributed by atoms with Crippen LogP contribution in [0.4, 0.5) is 0 Å². The third kappa shape index (κ3) is 1.61. The summed E-state index contributed by atoms with van der Waals surface area (Å²) < 4.78 is 7.95. The van der Waals surface area contributed by atoms with E-state index >= 15 is 0 Å². The standard InChI is InChI=1S/C12H16N4O/c1-7-4-10(17-9(7)3)16-6-15-11-8(2)13-5-14-12(11)16/h5-7,9-10H,4H2,1-3H3. The SMILES string of the molecule is Cc1ncnc2c1ncn2C1CC(C)C(C)O1. The molecule has 1 fully saturated rings. The minimum atomic E-state index is 0.0549. The predicted molar refractivity (Wildman–Crippen MR) is 63.4 cm³/mol. The second kappa shape index (κ2) is 3.77. The molecule has 0 aromatic carbocycles. The van der Waals surface area contributed by atoms with Crippen molar-refractivity contribution in [3.05, 3.63) is 18.3 Å². The highest BCUT2D eigenvalue weighted by molar-refractivity contribution is 5.72. The molecule has 0 N–H and O–H groups in total. The summed E-state index contributed by atoms with van der Waals surface area (Å²) in [5.41, 5.74) is 2.64. The second-order valence-electron chi connectivity index (χ2n) is 4.79. The van der Waals surface area contributed by atoms with E-state index in [1.165, 1.54) is 0 Å². The third-order valence-corrected chi connectivity index (χ3v) is 3.60. The van der Waals surface area contributed by atoms with E-state index in [1.54, 1.807) is 6.33 Å². The Bertz CT molecular complexity index is 540. The molecule has 3 rings (SSSR count). The zero-order valence-corrected chi connectivity index (χ0v) is 10.3. The van der Waals surface area contributed by atoms with Gasteiger partial charge >= 0.3 is 0 Å². The Hall–Kier alpha value is -1.49. The summed E-state index contributed by atoms with van der Waals surface area (Å²) in [6.07, 6.45) is 4.74. The maximum atomic E-state index is 5.93. The van der Waals surface area contributed by atoms with Gasteiger partial charge in [-0.25, -0.2) is 15.0 Å². The van der Waals surface area contributed by atoms with Crippen LogP contribution in [0.15, 0.2) is 12.7 Å². The number of rotatable bonds is 1. The molecule has 3 atom stereocenters. The van der Waals surface area contributed by atoms with E-state index in [1.807, 2.05) is 17.8 Å². The van der Waals surface area contributed by atoms with Gasteiger partial charge in [-0.05, 0) is 26.2 Å². The smallest absolute Gasteiger partial charge is 0.165 e. The summed E-state index contributed by atoms with van der Waals surface area (Å²) >= 11 is 0. The Kier molecular flexibility index (Phi) is 2.36. The van der Waals surface area contributed by atoms with E-state index in [2.05, 4.69) is 28.8 Å². The number of aromatic nitrogens is 4. The van der Waals surface area contributed by atoms with E-state index in [-0.39, 0.29) is 6.23 Å². The molecule has 3 heterocycles. The first-order chi connectivity index (χ1) is 8.16. The van der Waals surface area contributed by atoms with Crippen LogP contribution in [0, 0.1) is 12.8 Å². The fourth-order valence-corrected chi connectivity index (χ4v) is 2.31. The minimum absolute atomic E-state index is 0.0549. The quantitative estimate of drug-likeness (QED) is 0.755. The van der Waals surface area contributed by atoms with E-state index in [9.17, 15) is 0 Å². The molecular weight excluding hydrogens is 216 g/mol. The molecule has 1 aliphatic heterocycles. The number of imidazole rings is 1. The van der Waals surface area contributed by atoms with Crippen LogP contribution in [0.3, 0.4) is 0 Å². The Morgan fingerprint density at radius 2 is 2.12 bits per heavy atom. The topological polar surface area (TPSA) is 52.8 Å². The lowest BCUT2D eigenvalue weighted by Crippen LogP contribution is -2.09. The van der Waals surface area contributed by atoms with Crippen LogP contribution in [0.2, 0.25) is 0 Å². The maximum absolute atomic E-state index is 5.93. The van der Waals surface area contributed by atoms with Crippen molar-refractivity contribution in [3.8, 4) is 0 Å². The zero-order chi connectivity index (χ0) is 12.0. The predicted octanol–water partition coefficient (Wildman–Crippen LogP) is 2.08. The first kappa shape index (κ1) is 10.7.